The molecule has 0 unspecified atom stereocenters. The van der Waals surface area contributed by atoms with Gasteiger partial charge in [0.25, 0.3) is 0 Å². The lowest BCUT2D eigenvalue weighted by molar-refractivity contribution is -0.147. The second-order valence-electron chi connectivity index (χ2n) is 8.77. The van der Waals surface area contributed by atoms with Crippen molar-refractivity contribution in [2.24, 2.45) is 0 Å². The number of aromatic carboxylic acids is 1. The predicted molar refractivity (Wildman–Crippen MR) is 129 cm³/mol. The van der Waals surface area contributed by atoms with Crippen LogP contribution in [0.15, 0.2) is 66.9 Å². The number of hydrogen-bond acceptors (Lipinski definition) is 4. The van der Waals surface area contributed by atoms with Crippen LogP contribution in [-0.2, 0) is 9.53 Å². The van der Waals surface area contributed by atoms with E-state index in [9.17, 15) is 14.7 Å². The van der Waals surface area contributed by atoms with Crippen LogP contribution in [0.3, 0.4) is 0 Å². The molecule has 34 heavy (non-hydrogen) atoms. The molecule has 0 radical (unpaired) electrons. The number of carboxylic acid groups (broad SMARTS) is 1. The van der Waals surface area contributed by atoms with Gasteiger partial charge in [-0.15, -0.1) is 0 Å². The van der Waals surface area contributed by atoms with E-state index in [0.29, 0.717) is 11.5 Å². The average Bonchev–Trinajstić information content (AvgIpc) is 3.61. The van der Waals surface area contributed by atoms with Crippen molar-refractivity contribution in [2.45, 2.75) is 45.1 Å². The number of aromatic nitrogens is 2. The van der Waals surface area contributed by atoms with E-state index in [1.807, 2.05) is 53.8 Å². The molecule has 0 bridgehead atoms. The number of nitrogens with zero attached hydrogens (tertiary/aromatic N) is 2. The van der Waals surface area contributed by atoms with Crippen LogP contribution in [0, 0.1) is 6.92 Å². The minimum atomic E-state index is -0.969. The summed E-state index contributed by atoms with van der Waals surface area (Å²) < 4.78 is 7.98. The number of carboxylic acids is 1. The van der Waals surface area contributed by atoms with Gasteiger partial charge >= 0.3 is 11.9 Å². The zero-order chi connectivity index (χ0) is 23.8. The summed E-state index contributed by atoms with van der Waals surface area (Å²) >= 11 is 0. The predicted octanol–water partition coefficient (Wildman–Crippen LogP) is 5.93. The molecule has 1 N–H and O–H groups in total. The van der Waals surface area contributed by atoms with Crippen molar-refractivity contribution in [2.75, 3.05) is 0 Å². The molecule has 0 amide bonds. The maximum Gasteiger partial charge on any atom is 0.336 e. The molecule has 1 saturated carbocycles. The van der Waals surface area contributed by atoms with Gasteiger partial charge < -0.3 is 9.84 Å². The first-order valence-electron chi connectivity index (χ1n) is 11.6. The molecule has 2 aromatic heterocycles. The van der Waals surface area contributed by atoms with Crippen molar-refractivity contribution in [3.05, 3.63) is 94.9 Å². The highest BCUT2D eigenvalue weighted by molar-refractivity contribution is 5.96. The molecule has 0 spiro atoms. The summed E-state index contributed by atoms with van der Waals surface area (Å²) in [4.78, 5) is 28.9. The van der Waals surface area contributed by atoms with E-state index in [-0.39, 0.29) is 18.0 Å². The summed E-state index contributed by atoms with van der Waals surface area (Å²) in [6.07, 6.45) is 4.05. The van der Waals surface area contributed by atoms with Gasteiger partial charge in [0.05, 0.1) is 17.0 Å². The van der Waals surface area contributed by atoms with Crippen molar-refractivity contribution < 1.29 is 19.4 Å². The topological polar surface area (TPSA) is 80.9 Å². The summed E-state index contributed by atoms with van der Waals surface area (Å²) in [5.41, 5.74) is 6.35. The number of fused-ring (bicyclic) bond motifs is 1. The number of benzene rings is 2. The Morgan fingerprint density at radius 2 is 1.82 bits per heavy atom. The third-order valence-electron chi connectivity index (χ3n) is 6.34. The van der Waals surface area contributed by atoms with E-state index in [4.69, 9.17) is 9.72 Å². The first kappa shape index (κ1) is 21.9. The van der Waals surface area contributed by atoms with Crippen LogP contribution in [0.25, 0.3) is 16.8 Å². The first-order chi connectivity index (χ1) is 16.5. The molecular weight excluding hydrogens is 428 g/mol. The van der Waals surface area contributed by atoms with Gasteiger partial charge in [0.1, 0.15) is 5.65 Å². The van der Waals surface area contributed by atoms with E-state index in [1.165, 1.54) is 0 Å². The van der Waals surface area contributed by atoms with Crippen LogP contribution >= 0.6 is 0 Å². The molecule has 172 valence electrons. The second kappa shape index (κ2) is 8.78. The summed E-state index contributed by atoms with van der Waals surface area (Å²) in [6, 6.07) is 18.5. The molecule has 1 fully saturated rings. The van der Waals surface area contributed by atoms with Gasteiger partial charge in [0, 0.05) is 18.5 Å². The van der Waals surface area contributed by atoms with Gasteiger partial charge in [-0.1, -0.05) is 55.5 Å². The van der Waals surface area contributed by atoms with Crippen molar-refractivity contribution in [3.63, 3.8) is 0 Å². The van der Waals surface area contributed by atoms with Crippen LogP contribution in [-0.4, -0.2) is 26.4 Å². The highest BCUT2D eigenvalue weighted by atomic mass is 16.5. The highest BCUT2D eigenvalue weighted by Crippen LogP contribution is 2.40. The molecule has 2 aromatic carbocycles. The van der Waals surface area contributed by atoms with Gasteiger partial charge in [-0.25, -0.2) is 9.78 Å². The van der Waals surface area contributed by atoms with Crippen LogP contribution in [0.2, 0.25) is 0 Å². The number of pyridine rings is 1. The largest absolute Gasteiger partial charge is 0.478 e. The lowest BCUT2D eigenvalue weighted by Gasteiger charge is -2.21. The summed E-state index contributed by atoms with van der Waals surface area (Å²) in [5, 5.41) is 9.55. The number of ether oxygens (including phenoxy) is 1. The van der Waals surface area contributed by atoms with Crippen molar-refractivity contribution in [1.82, 2.24) is 9.38 Å². The Morgan fingerprint density at radius 1 is 1.09 bits per heavy atom. The normalized spacial score (nSPS) is 14.2. The number of rotatable bonds is 7. The summed E-state index contributed by atoms with van der Waals surface area (Å²) in [5.74, 6) is -0.748. The summed E-state index contributed by atoms with van der Waals surface area (Å²) in [6.45, 7) is 3.81. The van der Waals surface area contributed by atoms with E-state index in [2.05, 4.69) is 6.20 Å². The van der Waals surface area contributed by atoms with Gasteiger partial charge in [-0.3, -0.25) is 9.20 Å². The molecular formula is C28H26N2O4. The number of hydrogen-bond donors (Lipinski definition) is 1. The number of carbonyl (C=O) groups is 2. The Labute approximate surface area is 197 Å². The fraction of sp³-hybridized carbons (Fsp3) is 0.250. The fourth-order valence-electron chi connectivity index (χ4n) is 4.30. The van der Waals surface area contributed by atoms with Crippen molar-refractivity contribution >= 4 is 17.6 Å². The number of imidazole rings is 1. The molecule has 2 heterocycles. The quantitative estimate of drug-likeness (QED) is 0.350. The first-order valence-corrected chi connectivity index (χ1v) is 11.6. The molecule has 0 aliphatic heterocycles. The third-order valence-corrected chi connectivity index (χ3v) is 6.34. The lowest BCUT2D eigenvalue weighted by Crippen LogP contribution is -2.15. The van der Waals surface area contributed by atoms with E-state index in [0.717, 1.165) is 46.6 Å². The number of aryl methyl sites for hydroxylation is 1. The lowest BCUT2D eigenvalue weighted by atomic mass is 9.96. The van der Waals surface area contributed by atoms with Gasteiger partial charge in [0.2, 0.25) is 0 Å². The number of carbonyl (C=O) groups excluding carboxylic acids is 1. The van der Waals surface area contributed by atoms with Gasteiger partial charge in [0.15, 0.2) is 6.10 Å². The molecule has 5 rings (SSSR count). The summed E-state index contributed by atoms with van der Waals surface area (Å²) in [7, 11) is 0. The minimum Gasteiger partial charge on any atom is -0.478 e. The van der Waals surface area contributed by atoms with Crippen LogP contribution in [0.5, 0.6) is 0 Å². The smallest absolute Gasteiger partial charge is 0.336 e. The molecule has 1 aliphatic rings. The second-order valence-corrected chi connectivity index (χ2v) is 8.77. The average molecular weight is 455 g/mol. The maximum absolute atomic E-state index is 12.4. The molecule has 6 nitrogen and oxygen atoms in total. The maximum atomic E-state index is 12.4. The zero-order valence-electron chi connectivity index (χ0n) is 19.2. The minimum absolute atomic E-state index is 0.246. The molecule has 4 aromatic rings. The fourth-order valence-corrected chi connectivity index (χ4v) is 4.30. The Hall–Kier alpha value is -3.93. The van der Waals surface area contributed by atoms with Gasteiger partial charge in [-0.2, -0.15) is 0 Å². The molecule has 1 aliphatic carbocycles. The SMILES string of the molecule is CCC(=O)O[C@H](c1ccc(-c2ccccc2C(=O)O)cc1)c1ccc(C)c2nc(C3CC3)cn12. The Bertz CT molecular complexity index is 1380. The Kier molecular flexibility index (Phi) is 5.65. The van der Waals surface area contributed by atoms with Gasteiger partial charge in [-0.05, 0) is 54.2 Å². The zero-order valence-corrected chi connectivity index (χ0v) is 19.2. The molecule has 6 heteroatoms. The molecule has 1 atom stereocenters. The van der Waals surface area contributed by atoms with Crippen LogP contribution in [0.1, 0.15) is 71.1 Å². The molecule has 0 saturated heterocycles. The Balaban J connectivity index is 1.58. The standard InChI is InChI=1S/C28H26N2O4/c1-3-25(31)34-26(24-15-8-17(2)27-29-23(16-30(24)27)19-11-12-19)20-13-9-18(10-14-20)21-6-4-5-7-22(21)28(32)33/h4-10,13-16,19,26H,3,11-12H2,1-2H3,(H,32,33)/t26-/m1/s1. The van der Waals surface area contributed by atoms with Crippen LogP contribution < -0.4 is 0 Å². The van der Waals surface area contributed by atoms with Crippen molar-refractivity contribution in [1.29, 1.82) is 0 Å². The van der Waals surface area contributed by atoms with Crippen molar-refractivity contribution in [3.8, 4) is 11.1 Å². The monoisotopic (exact) mass is 454 g/mol. The highest BCUT2D eigenvalue weighted by Gasteiger charge is 2.28. The Morgan fingerprint density at radius 3 is 2.50 bits per heavy atom. The van der Waals surface area contributed by atoms with E-state index in [1.54, 1.807) is 25.1 Å². The number of esters is 1. The third kappa shape index (κ3) is 4.07. The van der Waals surface area contributed by atoms with E-state index >= 15 is 0 Å². The van der Waals surface area contributed by atoms with E-state index < -0.39 is 12.1 Å². The van der Waals surface area contributed by atoms with Crippen LogP contribution in [0.4, 0.5) is 0 Å².